The van der Waals surface area contributed by atoms with Crippen molar-refractivity contribution in [2.45, 2.75) is 26.1 Å². The lowest BCUT2D eigenvalue weighted by atomic mass is 10.0. The smallest absolute Gasteiger partial charge is 0.262 e. The summed E-state index contributed by atoms with van der Waals surface area (Å²) in [6, 6.07) is 18.8. The van der Waals surface area contributed by atoms with Crippen LogP contribution in [0.25, 0.3) is 10.2 Å². The van der Waals surface area contributed by atoms with Gasteiger partial charge >= 0.3 is 0 Å². The molecule has 0 unspecified atom stereocenters. The minimum Gasteiger partial charge on any atom is -0.495 e. The average molecular weight is 516 g/mol. The molecule has 0 saturated carbocycles. The molecule has 0 bridgehead atoms. The van der Waals surface area contributed by atoms with Gasteiger partial charge in [0.15, 0.2) is 0 Å². The first kappa shape index (κ1) is 24.2. The van der Waals surface area contributed by atoms with Crippen molar-refractivity contribution in [1.29, 1.82) is 0 Å². The van der Waals surface area contributed by atoms with E-state index in [9.17, 15) is 4.79 Å². The highest BCUT2D eigenvalue weighted by atomic mass is 32.1. The first-order chi connectivity index (χ1) is 18.2. The monoisotopic (exact) mass is 515 g/mol. The highest BCUT2D eigenvalue weighted by molar-refractivity contribution is 7.18. The summed E-state index contributed by atoms with van der Waals surface area (Å²) in [5, 5.41) is 0.850. The molecular weight excluding hydrogens is 482 g/mol. The third-order valence-corrected chi connectivity index (χ3v) is 8.74. The van der Waals surface area contributed by atoms with Gasteiger partial charge in [-0.2, -0.15) is 0 Å². The Balaban J connectivity index is 1.10. The Morgan fingerprint density at radius 3 is 2.51 bits per heavy atom. The fourth-order valence-corrected chi connectivity index (χ4v) is 6.78. The van der Waals surface area contributed by atoms with Crippen LogP contribution >= 0.6 is 11.3 Å². The summed E-state index contributed by atoms with van der Waals surface area (Å²) < 4.78 is 7.36. The minimum absolute atomic E-state index is 0.117. The second kappa shape index (κ2) is 10.7. The summed E-state index contributed by atoms with van der Waals surface area (Å²) in [6.07, 6.45) is 2.66. The van der Waals surface area contributed by atoms with Gasteiger partial charge < -0.3 is 9.64 Å². The van der Waals surface area contributed by atoms with E-state index in [4.69, 9.17) is 9.72 Å². The molecule has 4 aromatic rings. The molecule has 7 nitrogen and oxygen atoms in total. The van der Waals surface area contributed by atoms with Gasteiger partial charge in [0, 0.05) is 63.8 Å². The Bertz CT molecular complexity index is 1430. The molecule has 1 fully saturated rings. The van der Waals surface area contributed by atoms with E-state index in [1.807, 2.05) is 16.7 Å². The maximum atomic E-state index is 13.5. The molecule has 2 aliphatic heterocycles. The van der Waals surface area contributed by atoms with Crippen molar-refractivity contribution in [2.75, 3.05) is 51.3 Å². The zero-order valence-corrected chi connectivity index (χ0v) is 22.1. The Morgan fingerprint density at radius 1 is 0.919 bits per heavy atom. The van der Waals surface area contributed by atoms with Gasteiger partial charge in [-0.15, -0.1) is 11.3 Å². The van der Waals surface area contributed by atoms with Crippen LogP contribution in [-0.2, 0) is 26.1 Å². The van der Waals surface area contributed by atoms with E-state index < -0.39 is 0 Å². The van der Waals surface area contributed by atoms with Gasteiger partial charge in [-0.1, -0.05) is 42.5 Å². The number of benzene rings is 2. The summed E-state index contributed by atoms with van der Waals surface area (Å²) in [4.78, 5) is 27.7. The second-order valence-electron chi connectivity index (χ2n) is 9.87. The van der Waals surface area contributed by atoms with Crippen LogP contribution in [0.3, 0.4) is 0 Å². The third-order valence-electron chi connectivity index (χ3n) is 7.61. The third kappa shape index (κ3) is 5.01. The van der Waals surface area contributed by atoms with E-state index in [-0.39, 0.29) is 5.56 Å². The van der Waals surface area contributed by atoms with Crippen LogP contribution in [0.5, 0.6) is 5.75 Å². The summed E-state index contributed by atoms with van der Waals surface area (Å²) in [7, 11) is 1.73. The molecular formula is C29H33N5O2S. The van der Waals surface area contributed by atoms with Crippen LogP contribution in [-0.4, -0.2) is 65.7 Å². The molecule has 192 valence electrons. The maximum Gasteiger partial charge on any atom is 0.262 e. The SMILES string of the molecule is COc1ccccc1N1CCN(CCn2cnc3sc4c(c3c2=O)CCN(Cc2ccccc2)C4)CC1. The van der Waals surface area contributed by atoms with Crippen LogP contribution in [0.15, 0.2) is 65.7 Å². The van der Waals surface area contributed by atoms with Gasteiger partial charge in [0.1, 0.15) is 10.6 Å². The number of aromatic nitrogens is 2. The summed E-state index contributed by atoms with van der Waals surface area (Å²) >= 11 is 1.69. The number of anilines is 1. The molecule has 2 aliphatic rings. The highest BCUT2D eigenvalue weighted by Gasteiger charge is 2.24. The predicted octanol–water partition coefficient (Wildman–Crippen LogP) is 3.85. The quantitative estimate of drug-likeness (QED) is 0.373. The normalized spacial score (nSPS) is 16.7. The van der Waals surface area contributed by atoms with Crippen molar-refractivity contribution in [1.82, 2.24) is 19.4 Å². The fraction of sp³-hybridized carbons (Fsp3) is 0.379. The molecule has 0 aliphatic carbocycles. The van der Waals surface area contributed by atoms with Crippen LogP contribution in [0.4, 0.5) is 5.69 Å². The molecule has 0 radical (unpaired) electrons. The number of piperazine rings is 1. The lowest BCUT2D eigenvalue weighted by Crippen LogP contribution is -2.47. The van der Waals surface area contributed by atoms with Gasteiger partial charge in [-0.25, -0.2) is 4.98 Å². The van der Waals surface area contributed by atoms with Crippen molar-refractivity contribution in [3.8, 4) is 5.75 Å². The van der Waals surface area contributed by atoms with Gasteiger partial charge in [-0.3, -0.25) is 19.2 Å². The number of fused-ring (bicyclic) bond motifs is 3. The molecule has 1 saturated heterocycles. The minimum atomic E-state index is 0.117. The Morgan fingerprint density at radius 2 is 1.70 bits per heavy atom. The van der Waals surface area contributed by atoms with E-state index in [0.717, 1.165) is 80.4 Å². The first-order valence-corrected chi connectivity index (χ1v) is 13.9. The van der Waals surface area contributed by atoms with E-state index >= 15 is 0 Å². The van der Waals surface area contributed by atoms with Crippen LogP contribution < -0.4 is 15.2 Å². The Labute approximate surface area is 221 Å². The zero-order valence-electron chi connectivity index (χ0n) is 21.3. The van der Waals surface area contributed by atoms with Gasteiger partial charge in [0.2, 0.25) is 0 Å². The van der Waals surface area contributed by atoms with Crippen LogP contribution in [0.2, 0.25) is 0 Å². The van der Waals surface area contributed by atoms with Gasteiger partial charge in [0.25, 0.3) is 5.56 Å². The van der Waals surface area contributed by atoms with Crippen molar-refractivity contribution >= 4 is 27.2 Å². The van der Waals surface area contributed by atoms with Crippen molar-refractivity contribution < 1.29 is 4.74 Å². The number of hydrogen-bond acceptors (Lipinski definition) is 7. The summed E-state index contributed by atoms with van der Waals surface area (Å²) in [5.74, 6) is 0.921. The molecule has 8 heteroatoms. The van der Waals surface area contributed by atoms with Gasteiger partial charge in [0.05, 0.1) is 24.5 Å². The largest absolute Gasteiger partial charge is 0.495 e. The van der Waals surface area contributed by atoms with E-state index in [1.54, 1.807) is 24.8 Å². The van der Waals surface area contributed by atoms with E-state index in [1.165, 1.54) is 16.0 Å². The second-order valence-corrected chi connectivity index (χ2v) is 11.0. The van der Waals surface area contributed by atoms with E-state index in [0.29, 0.717) is 6.54 Å². The number of ether oxygens (including phenoxy) is 1. The molecule has 2 aromatic carbocycles. The van der Waals surface area contributed by atoms with Crippen molar-refractivity contribution in [3.63, 3.8) is 0 Å². The first-order valence-electron chi connectivity index (χ1n) is 13.1. The number of para-hydroxylation sites is 2. The zero-order chi connectivity index (χ0) is 25.2. The van der Waals surface area contributed by atoms with E-state index in [2.05, 4.69) is 57.2 Å². The summed E-state index contributed by atoms with van der Waals surface area (Å²) in [5.41, 5.74) is 3.82. The molecule has 2 aromatic heterocycles. The summed E-state index contributed by atoms with van der Waals surface area (Å²) in [6.45, 7) is 8.15. The van der Waals surface area contributed by atoms with Crippen LogP contribution in [0, 0.1) is 0 Å². The maximum absolute atomic E-state index is 13.5. The molecule has 0 amide bonds. The number of methoxy groups -OCH3 is 1. The standard InChI is InChI=1S/C29H33N5O2S/c1-36-25-10-6-5-9-24(25)33-16-13-31(14-17-33)15-18-34-21-30-28-27(29(34)35)23-11-12-32(20-26(23)37-28)19-22-7-3-2-4-8-22/h2-10,21H,11-20H2,1H3. The average Bonchev–Trinajstić information content (AvgIpc) is 3.32. The molecule has 0 spiro atoms. The topological polar surface area (TPSA) is 53.8 Å². The van der Waals surface area contributed by atoms with Crippen molar-refractivity contribution in [3.05, 3.63) is 87.3 Å². The molecule has 4 heterocycles. The number of nitrogens with zero attached hydrogens (tertiary/aromatic N) is 5. The molecule has 0 N–H and O–H groups in total. The lowest BCUT2D eigenvalue weighted by Gasteiger charge is -2.36. The highest BCUT2D eigenvalue weighted by Crippen LogP contribution is 2.33. The number of hydrogen-bond donors (Lipinski definition) is 0. The van der Waals surface area contributed by atoms with Gasteiger partial charge in [-0.05, 0) is 29.7 Å². The predicted molar refractivity (Wildman–Crippen MR) is 150 cm³/mol. The number of thiophene rings is 1. The Hall–Kier alpha value is -3.20. The molecule has 0 atom stereocenters. The lowest BCUT2D eigenvalue weighted by molar-refractivity contribution is 0.246. The number of rotatable bonds is 7. The molecule has 6 rings (SSSR count). The van der Waals surface area contributed by atoms with Crippen molar-refractivity contribution in [2.24, 2.45) is 0 Å². The van der Waals surface area contributed by atoms with Crippen LogP contribution in [0.1, 0.15) is 16.0 Å². The molecule has 37 heavy (non-hydrogen) atoms. The fourth-order valence-electron chi connectivity index (χ4n) is 5.56. The Kier molecular flexibility index (Phi) is 6.95.